The summed E-state index contributed by atoms with van der Waals surface area (Å²) in [6.07, 6.45) is 5.98. The monoisotopic (exact) mass is 261 g/mol. The molecule has 0 spiro atoms. The molecule has 2 heterocycles. The van der Waals surface area contributed by atoms with Crippen molar-refractivity contribution in [2.24, 2.45) is 5.92 Å². The molecule has 0 aromatic carbocycles. The summed E-state index contributed by atoms with van der Waals surface area (Å²) in [5.74, 6) is 0.807. The molecule has 0 saturated heterocycles. The highest BCUT2D eigenvalue weighted by Crippen LogP contribution is 2.28. The maximum atomic E-state index is 4.18. The summed E-state index contributed by atoms with van der Waals surface area (Å²) in [5.41, 5.74) is 2.44. The first kappa shape index (κ1) is 11.9. The highest BCUT2D eigenvalue weighted by Gasteiger charge is 2.23. The molecule has 0 bridgehead atoms. The van der Waals surface area contributed by atoms with Crippen LogP contribution in [0.2, 0.25) is 0 Å². The first-order chi connectivity index (χ1) is 8.84. The fourth-order valence-corrected chi connectivity index (χ4v) is 3.52. The summed E-state index contributed by atoms with van der Waals surface area (Å²) in [6.45, 7) is 3.26. The molecular formula is C14H19N3S. The molecule has 2 atom stereocenters. The van der Waals surface area contributed by atoms with E-state index in [1.165, 1.54) is 35.4 Å². The lowest BCUT2D eigenvalue weighted by atomic mass is 10.1. The van der Waals surface area contributed by atoms with E-state index in [1.54, 1.807) is 11.3 Å². The van der Waals surface area contributed by atoms with Crippen molar-refractivity contribution in [3.05, 3.63) is 29.3 Å². The molecular weight excluding hydrogens is 242 g/mol. The highest BCUT2D eigenvalue weighted by atomic mass is 32.1. The Morgan fingerprint density at radius 2 is 2.44 bits per heavy atom. The molecule has 0 radical (unpaired) electrons. The number of hydrogen-bond donors (Lipinski definition) is 2. The third-order valence-electron chi connectivity index (χ3n) is 3.90. The van der Waals surface area contributed by atoms with E-state index in [-0.39, 0.29) is 0 Å². The first-order valence-corrected chi connectivity index (χ1v) is 7.52. The Labute approximate surface area is 112 Å². The normalized spacial score (nSPS) is 23.6. The largest absolute Gasteiger partial charge is 0.310 e. The molecule has 2 aromatic rings. The molecule has 1 aliphatic carbocycles. The molecule has 18 heavy (non-hydrogen) atoms. The topological polar surface area (TPSA) is 40.7 Å². The van der Waals surface area contributed by atoms with Crippen molar-refractivity contribution >= 4 is 11.3 Å². The molecule has 1 fully saturated rings. The van der Waals surface area contributed by atoms with E-state index in [0.29, 0.717) is 6.04 Å². The van der Waals surface area contributed by atoms with E-state index in [0.717, 1.165) is 12.5 Å². The SMILES string of the molecule is CC1CCCC1NCc1cn[nH]c1-c1cccs1. The molecule has 3 rings (SSSR count). The molecule has 96 valence electrons. The van der Waals surface area contributed by atoms with Gasteiger partial charge in [0.2, 0.25) is 0 Å². The minimum atomic E-state index is 0.677. The molecule has 1 saturated carbocycles. The van der Waals surface area contributed by atoms with Gasteiger partial charge in [0.25, 0.3) is 0 Å². The minimum absolute atomic E-state index is 0.677. The molecule has 0 amide bonds. The summed E-state index contributed by atoms with van der Waals surface area (Å²) in [6, 6.07) is 4.90. The van der Waals surface area contributed by atoms with Gasteiger partial charge in [-0.05, 0) is 30.2 Å². The summed E-state index contributed by atoms with van der Waals surface area (Å²) in [5, 5.41) is 13.1. The summed E-state index contributed by atoms with van der Waals surface area (Å²) < 4.78 is 0. The predicted molar refractivity (Wildman–Crippen MR) is 75.5 cm³/mol. The zero-order valence-corrected chi connectivity index (χ0v) is 11.5. The van der Waals surface area contributed by atoms with Crippen LogP contribution >= 0.6 is 11.3 Å². The zero-order chi connectivity index (χ0) is 12.4. The van der Waals surface area contributed by atoms with Gasteiger partial charge in [-0.3, -0.25) is 5.10 Å². The van der Waals surface area contributed by atoms with Crippen molar-refractivity contribution in [3.63, 3.8) is 0 Å². The third-order valence-corrected chi connectivity index (χ3v) is 4.79. The van der Waals surface area contributed by atoms with Crippen molar-refractivity contribution in [2.75, 3.05) is 0 Å². The van der Waals surface area contributed by atoms with Crippen LogP contribution in [0, 0.1) is 5.92 Å². The maximum absolute atomic E-state index is 4.18. The quantitative estimate of drug-likeness (QED) is 0.885. The number of H-pyrrole nitrogens is 1. The van der Waals surface area contributed by atoms with Gasteiger partial charge >= 0.3 is 0 Å². The van der Waals surface area contributed by atoms with Gasteiger partial charge in [0.15, 0.2) is 0 Å². The molecule has 0 aliphatic heterocycles. The lowest BCUT2D eigenvalue weighted by molar-refractivity contribution is 0.426. The summed E-state index contributed by atoms with van der Waals surface area (Å²) >= 11 is 1.75. The number of hydrogen-bond acceptors (Lipinski definition) is 3. The van der Waals surface area contributed by atoms with E-state index in [4.69, 9.17) is 0 Å². The Hall–Kier alpha value is -1.13. The maximum Gasteiger partial charge on any atom is 0.0794 e. The molecule has 4 heteroatoms. The van der Waals surface area contributed by atoms with Gasteiger partial charge < -0.3 is 5.32 Å². The van der Waals surface area contributed by atoms with E-state index in [1.807, 2.05) is 6.20 Å². The van der Waals surface area contributed by atoms with Crippen LogP contribution in [-0.2, 0) is 6.54 Å². The van der Waals surface area contributed by atoms with Crippen LogP contribution in [0.3, 0.4) is 0 Å². The van der Waals surface area contributed by atoms with Crippen LogP contribution in [-0.4, -0.2) is 16.2 Å². The van der Waals surface area contributed by atoms with Gasteiger partial charge in [0.05, 0.1) is 16.8 Å². The Morgan fingerprint density at radius 3 is 3.17 bits per heavy atom. The van der Waals surface area contributed by atoms with Crippen molar-refractivity contribution in [1.82, 2.24) is 15.5 Å². The van der Waals surface area contributed by atoms with Gasteiger partial charge in [0.1, 0.15) is 0 Å². The summed E-state index contributed by atoms with van der Waals surface area (Å²) in [7, 11) is 0. The summed E-state index contributed by atoms with van der Waals surface area (Å²) in [4.78, 5) is 1.27. The number of nitrogens with zero attached hydrogens (tertiary/aromatic N) is 1. The average molecular weight is 261 g/mol. The van der Waals surface area contributed by atoms with Crippen molar-refractivity contribution < 1.29 is 0 Å². The van der Waals surface area contributed by atoms with Gasteiger partial charge in [-0.1, -0.05) is 19.4 Å². The van der Waals surface area contributed by atoms with E-state index in [2.05, 4.69) is 40.0 Å². The highest BCUT2D eigenvalue weighted by molar-refractivity contribution is 7.13. The minimum Gasteiger partial charge on any atom is -0.310 e. The third kappa shape index (κ3) is 2.35. The van der Waals surface area contributed by atoms with Gasteiger partial charge in [0, 0.05) is 18.2 Å². The second-order valence-corrected chi connectivity index (χ2v) is 6.09. The van der Waals surface area contributed by atoms with E-state index >= 15 is 0 Å². The van der Waals surface area contributed by atoms with Crippen LogP contribution in [0.1, 0.15) is 31.7 Å². The molecule has 2 N–H and O–H groups in total. The Bertz CT molecular complexity index is 489. The standard InChI is InChI=1S/C14H19N3S/c1-10-4-2-5-12(10)15-8-11-9-16-17-14(11)13-6-3-7-18-13/h3,6-7,9-10,12,15H,2,4-5,8H2,1H3,(H,16,17). The lowest BCUT2D eigenvalue weighted by Gasteiger charge is -2.17. The van der Waals surface area contributed by atoms with Gasteiger partial charge in [-0.25, -0.2) is 0 Å². The van der Waals surface area contributed by atoms with Crippen molar-refractivity contribution in [3.8, 4) is 10.6 Å². The van der Waals surface area contributed by atoms with Gasteiger partial charge in [-0.2, -0.15) is 5.10 Å². The van der Waals surface area contributed by atoms with E-state index < -0.39 is 0 Å². The Balaban J connectivity index is 1.68. The Morgan fingerprint density at radius 1 is 1.50 bits per heavy atom. The van der Waals surface area contributed by atoms with Crippen LogP contribution in [0.4, 0.5) is 0 Å². The molecule has 3 nitrogen and oxygen atoms in total. The number of nitrogens with one attached hydrogen (secondary N) is 2. The van der Waals surface area contributed by atoms with Crippen LogP contribution in [0.15, 0.2) is 23.7 Å². The molecule has 2 unspecified atom stereocenters. The fourth-order valence-electron chi connectivity index (χ4n) is 2.77. The van der Waals surface area contributed by atoms with Crippen molar-refractivity contribution in [2.45, 2.75) is 38.8 Å². The zero-order valence-electron chi connectivity index (χ0n) is 10.6. The van der Waals surface area contributed by atoms with Crippen LogP contribution in [0.5, 0.6) is 0 Å². The first-order valence-electron chi connectivity index (χ1n) is 6.64. The second kappa shape index (κ2) is 5.24. The number of aromatic nitrogens is 2. The van der Waals surface area contributed by atoms with Gasteiger partial charge in [-0.15, -0.1) is 11.3 Å². The Kier molecular flexibility index (Phi) is 3.48. The second-order valence-electron chi connectivity index (χ2n) is 5.14. The number of rotatable bonds is 4. The lowest BCUT2D eigenvalue weighted by Crippen LogP contribution is -2.30. The van der Waals surface area contributed by atoms with Crippen LogP contribution in [0.25, 0.3) is 10.6 Å². The van der Waals surface area contributed by atoms with E-state index in [9.17, 15) is 0 Å². The number of aromatic amines is 1. The van der Waals surface area contributed by atoms with Crippen LogP contribution < -0.4 is 5.32 Å². The number of thiophene rings is 1. The molecule has 1 aliphatic rings. The fraction of sp³-hybridized carbons (Fsp3) is 0.500. The van der Waals surface area contributed by atoms with Crippen molar-refractivity contribution in [1.29, 1.82) is 0 Å². The predicted octanol–water partition coefficient (Wildman–Crippen LogP) is 3.42. The average Bonchev–Trinajstić information content (AvgIpc) is 3.07. The molecule has 2 aromatic heterocycles. The smallest absolute Gasteiger partial charge is 0.0794 e.